The van der Waals surface area contributed by atoms with E-state index in [0.717, 1.165) is 18.1 Å². The summed E-state index contributed by atoms with van der Waals surface area (Å²) in [4.78, 5) is 37.4. The molecule has 4 rings (SSSR count). The molecule has 2 fully saturated rings. The number of hydrogen-bond acceptors (Lipinski definition) is 5. The summed E-state index contributed by atoms with van der Waals surface area (Å²) in [6.07, 6.45) is 1.47. The zero-order valence-electron chi connectivity index (χ0n) is 17.3. The van der Waals surface area contributed by atoms with E-state index in [-0.39, 0.29) is 49.5 Å². The van der Waals surface area contributed by atoms with E-state index < -0.39 is 23.1 Å². The van der Waals surface area contributed by atoms with Gasteiger partial charge in [-0.15, -0.1) is 0 Å². The van der Waals surface area contributed by atoms with Crippen LogP contribution in [0.15, 0.2) is 42.5 Å². The van der Waals surface area contributed by atoms with E-state index in [4.69, 9.17) is 0 Å². The fourth-order valence-electron chi connectivity index (χ4n) is 4.06. The second-order valence-electron chi connectivity index (χ2n) is 8.31. The number of likely N-dealkylation sites (tertiary alicyclic amines) is 1. The van der Waals surface area contributed by atoms with Crippen molar-refractivity contribution in [2.45, 2.75) is 30.9 Å². The van der Waals surface area contributed by atoms with Crippen LogP contribution in [0.2, 0.25) is 0 Å². The van der Waals surface area contributed by atoms with Crippen LogP contribution in [0, 0.1) is 5.82 Å². The molecule has 1 atom stereocenters. The Morgan fingerprint density at radius 3 is 2.56 bits per heavy atom. The van der Waals surface area contributed by atoms with Crippen molar-refractivity contribution in [1.82, 2.24) is 15.5 Å². The first kappa shape index (κ1) is 21.8. The maximum Gasteiger partial charge on any atom is 0.257 e. The first-order chi connectivity index (χ1) is 15.3. The number of aliphatic hydroxyl groups is 1. The van der Waals surface area contributed by atoms with E-state index >= 15 is 0 Å². The van der Waals surface area contributed by atoms with Gasteiger partial charge in [0.05, 0.1) is 24.7 Å². The van der Waals surface area contributed by atoms with Crippen LogP contribution >= 0.6 is 0 Å². The average Bonchev–Trinajstić information content (AvgIpc) is 3.19. The molecule has 0 aromatic heterocycles. The molecule has 2 heterocycles. The number of phenolic OH excluding ortho intramolecular Hbond substituents is 1. The molecular formula is C23H24FN3O5. The molecule has 2 saturated heterocycles. The van der Waals surface area contributed by atoms with Gasteiger partial charge in [0.1, 0.15) is 5.60 Å². The van der Waals surface area contributed by atoms with Gasteiger partial charge >= 0.3 is 0 Å². The molecule has 8 nitrogen and oxygen atoms in total. The van der Waals surface area contributed by atoms with Gasteiger partial charge in [0.15, 0.2) is 11.6 Å². The maximum absolute atomic E-state index is 13.9. The molecule has 0 spiro atoms. The summed E-state index contributed by atoms with van der Waals surface area (Å²) >= 11 is 0. The number of benzene rings is 2. The Labute approximate surface area is 184 Å². The zero-order valence-corrected chi connectivity index (χ0v) is 17.3. The lowest BCUT2D eigenvalue weighted by molar-refractivity contribution is -0.119. The van der Waals surface area contributed by atoms with E-state index in [9.17, 15) is 29.0 Å². The van der Waals surface area contributed by atoms with Gasteiger partial charge in [-0.2, -0.15) is 0 Å². The molecule has 9 heteroatoms. The van der Waals surface area contributed by atoms with Crippen molar-refractivity contribution in [3.63, 3.8) is 0 Å². The minimum Gasteiger partial charge on any atom is -0.505 e. The zero-order chi connectivity index (χ0) is 22.9. The molecule has 2 aliphatic heterocycles. The van der Waals surface area contributed by atoms with Crippen LogP contribution < -0.4 is 10.6 Å². The molecular weight excluding hydrogens is 417 g/mol. The second-order valence-corrected chi connectivity index (χ2v) is 8.31. The highest BCUT2D eigenvalue weighted by Gasteiger charge is 2.44. The van der Waals surface area contributed by atoms with Gasteiger partial charge in [0.25, 0.3) is 11.8 Å². The summed E-state index contributed by atoms with van der Waals surface area (Å²) in [6, 6.07) is 10.8. The molecule has 2 aromatic carbocycles. The summed E-state index contributed by atoms with van der Waals surface area (Å²) in [5.74, 6) is -2.45. The van der Waals surface area contributed by atoms with Crippen molar-refractivity contribution in [2.24, 2.45) is 0 Å². The predicted octanol–water partition coefficient (Wildman–Crippen LogP) is 1.49. The second kappa shape index (κ2) is 8.58. The van der Waals surface area contributed by atoms with E-state index in [2.05, 4.69) is 10.6 Å². The highest BCUT2D eigenvalue weighted by molar-refractivity contribution is 5.96. The Kier molecular flexibility index (Phi) is 5.84. The van der Waals surface area contributed by atoms with E-state index in [1.807, 2.05) is 12.1 Å². The Balaban J connectivity index is 1.24. The van der Waals surface area contributed by atoms with Crippen molar-refractivity contribution in [3.8, 4) is 5.75 Å². The van der Waals surface area contributed by atoms with Crippen LogP contribution in [-0.4, -0.2) is 58.1 Å². The van der Waals surface area contributed by atoms with Gasteiger partial charge in [0.2, 0.25) is 5.91 Å². The molecule has 4 N–H and O–H groups in total. The Morgan fingerprint density at radius 2 is 1.91 bits per heavy atom. The van der Waals surface area contributed by atoms with Crippen LogP contribution in [0.5, 0.6) is 5.75 Å². The van der Waals surface area contributed by atoms with E-state index in [1.165, 1.54) is 17.0 Å². The van der Waals surface area contributed by atoms with Gasteiger partial charge in [-0.1, -0.05) is 18.2 Å². The van der Waals surface area contributed by atoms with Crippen molar-refractivity contribution >= 4 is 17.7 Å². The van der Waals surface area contributed by atoms with Gasteiger partial charge in [-0.05, 0) is 42.7 Å². The number of β-amino-alcohol motifs (C(OH)–C–C–N with tert-alkyl or cyclic N) is 1. The van der Waals surface area contributed by atoms with Crippen molar-refractivity contribution < 1.29 is 29.0 Å². The summed E-state index contributed by atoms with van der Waals surface area (Å²) in [5, 5.41) is 25.6. The van der Waals surface area contributed by atoms with E-state index in [0.29, 0.717) is 12.0 Å². The number of nitrogens with zero attached hydrogens (tertiary/aromatic N) is 1. The lowest BCUT2D eigenvalue weighted by Crippen LogP contribution is -2.64. The maximum atomic E-state index is 13.9. The Hall–Kier alpha value is -3.46. The van der Waals surface area contributed by atoms with Crippen LogP contribution in [-0.2, 0) is 4.79 Å². The molecule has 0 aliphatic carbocycles. The molecule has 1 unspecified atom stereocenters. The van der Waals surface area contributed by atoms with Gasteiger partial charge in [-0.3, -0.25) is 14.4 Å². The predicted molar refractivity (Wildman–Crippen MR) is 112 cm³/mol. The van der Waals surface area contributed by atoms with Crippen molar-refractivity contribution in [3.05, 3.63) is 65.0 Å². The minimum absolute atomic E-state index is 0.0125. The molecule has 32 heavy (non-hydrogen) atoms. The quantitative estimate of drug-likeness (QED) is 0.542. The molecule has 2 aliphatic rings. The van der Waals surface area contributed by atoms with Crippen LogP contribution in [0.3, 0.4) is 0 Å². The van der Waals surface area contributed by atoms with Crippen LogP contribution in [0.25, 0.3) is 0 Å². The topological polar surface area (TPSA) is 119 Å². The van der Waals surface area contributed by atoms with Crippen LogP contribution in [0.1, 0.15) is 51.6 Å². The summed E-state index contributed by atoms with van der Waals surface area (Å²) in [7, 11) is 0. The molecule has 0 radical (unpaired) electrons. The third kappa shape index (κ3) is 4.43. The standard InChI is InChI=1S/C23H24FN3O5/c24-20-16(2-1-3-18(20)28)22(31)27-12-23(32,13-27)10-11-25-21(30)15-6-4-14(5-7-15)17-8-9-19(29)26-17/h1-7,17,28,32H,8-13H2,(H,25,30)(H,26,29). The minimum atomic E-state index is -1.17. The number of halogens is 1. The lowest BCUT2D eigenvalue weighted by atomic mass is 9.89. The molecule has 0 saturated carbocycles. The number of phenols is 1. The fraction of sp³-hybridized carbons (Fsp3) is 0.348. The van der Waals surface area contributed by atoms with Gasteiger partial charge in [0, 0.05) is 18.5 Å². The fourth-order valence-corrected chi connectivity index (χ4v) is 4.06. The third-order valence-corrected chi connectivity index (χ3v) is 5.91. The monoisotopic (exact) mass is 441 g/mol. The Bertz CT molecular complexity index is 1050. The molecule has 2 aromatic rings. The number of aromatic hydroxyl groups is 1. The number of nitrogens with one attached hydrogen (secondary N) is 2. The number of hydrogen-bond donors (Lipinski definition) is 4. The number of rotatable bonds is 6. The summed E-state index contributed by atoms with van der Waals surface area (Å²) < 4.78 is 13.9. The largest absolute Gasteiger partial charge is 0.505 e. The molecule has 168 valence electrons. The third-order valence-electron chi connectivity index (χ3n) is 5.91. The molecule has 0 bridgehead atoms. The SMILES string of the molecule is O=C1CCC(c2ccc(C(=O)NCCC3(O)CN(C(=O)c4cccc(O)c4F)C3)cc2)N1. The first-order valence-electron chi connectivity index (χ1n) is 10.4. The number of amides is 3. The van der Waals surface area contributed by atoms with Crippen LogP contribution in [0.4, 0.5) is 4.39 Å². The summed E-state index contributed by atoms with van der Waals surface area (Å²) in [6.45, 7) is 0.232. The highest BCUT2D eigenvalue weighted by Crippen LogP contribution is 2.28. The number of carbonyl (C=O) groups excluding carboxylic acids is 3. The normalized spacial score (nSPS) is 19.2. The molecule has 3 amide bonds. The van der Waals surface area contributed by atoms with Gasteiger partial charge < -0.3 is 25.7 Å². The average molecular weight is 441 g/mol. The lowest BCUT2D eigenvalue weighted by Gasteiger charge is -2.46. The van der Waals surface area contributed by atoms with Crippen molar-refractivity contribution in [1.29, 1.82) is 0 Å². The van der Waals surface area contributed by atoms with E-state index in [1.54, 1.807) is 12.1 Å². The number of carbonyl (C=O) groups is 3. The first-order valence-corrected chi connectivity index (χ1v) is 10.4. The smallest absolute Gasteiger partial charge is 0.257 e. The Morgan fingerprint density at radius 1 is 1.19 bits per heavy atom. The highest BCUT2D eigenvalue weighted by atomic mass is 19.1. The summed E-state index contributed by atoms with van der Waals surface area (Å²) in [5.41, 5.74) is 0.000695. The van der Waals surface area contributed by atoms with Gasteiger partial charge in [-0.25, -0.2) is 4.39 Å². The van der Waals surface area contributed by atoms with Crippen molar-refractivity contribution in [2.75, 3.05) is 19.6 Å².